The number of aliphatic carboxylic acids is 1. The number of carboxylic acids is 1. The minimum Gasteiger partial charge on any atom is -0.481 e. The molecule has 6 fully saturated rings. The van der Waals surface area contributed by atoms with Gasteiger partial charge in [-0.15, -0.1) is 0 Å². The molecule has 5 saturated carbocycles. The van der Waals surface area contributed by atoms with Crippen LogP contribution in [0.15, 0.2) is 29.5 Å². The highest BCUT2D eigenvalue weighted by molar-refractivity contribution is 6.01. The first-order valence-electron chi connectivity index (χ1n) is 23.1. The van der Waals surface area contributed by atoms with Crippen LogP contribution in [0.1, 0.15) is 137 Å². The van der Waals surface area contributed by atoms with E-state index in [1.165, 1.54) is 5.57 Å². The molecule has 0 radical (unpaired) electrons. The molecule has 0 unspecified atom stereocenters. The Labute approximate surface area is 357 Å². The van der Waals surface area contributed by atoms with Crippen LogP contribution in [-0.2, 0) is 23.9 Å². The van der Waals surface area contributed by atoms with Crippen LogP contribution in [0.2, 0.25) is 0 Å². The third kappa shape index (κ3) is 6.26. The van der Waals surface area contributed by atoms with Gasteiger partial charge in [-0.2, -0.15) is 0 Å². The summed E-state index contributed by atoms with van der Waals surface area (Å²) in [6.45, 7) is 22.7. The van der Waals surface area contributed by atoms with E-state index in [-0.39, 0.29) is 70.2 Å². The first-order valence-corrected chi connectivity index (χ1v) is 23.1. The number of nitrogens with zero attached hydrogens (tertiary/aromatic N) is 2. The lowest BCUT2D eigenvalue weighted by Gasteiger charge is -2.72. The van der Waals surface area contributed by atoms with Crippen LogP contribution in [0.5, 0.6) is 0 Å². The zero-order chi connectivity index (χ0) is 43.4. The maximum atomic E-state index is 14.2. The minimum absolute atomic E-state index is 0.00911. The van der Waals surface area contributed by atoms with E-state index in [1.807, 2.05) is 13.8 Å². The van der Waals surface area contributed by atoms with E-state index in [9.17, 15) is 29.4 Å². The summed E-state index contributed by atoms with van der Waals surface area (Å²) in [5, 5.41) is 25.2. The molecular formula is C49H71N3O8. The number of carbonyl (C=O) groups excluding carboxylic acids is 3. The summed E-state index contributed by atoms with van der Waals surface area (Å²) < 4.78 is 12.0. The van der Waals surface area contributed by atoms with Gasteiger partial charge in [0.15, 0.2) is 5.78 Å². The maximum Gasteiger partial charge on any atom is 0.309 e. The lowest BCUT2D eigenvalue weighted by molar-refractivity contribution is -0.238. The molecule has 1 saturated heterocycles. The van der Waals surface area contributed by atoms with Crippen molar-refractivity contribution in [1.82, 2.24) is 10.3 Å². The zero-order valence-electron chi connectivity index (χ0n) is 37.7. The van der Waals surface area contributed by atoms with E-state index in [1.54, 1.807) is 18.3 Å². The number of aliphatic hydroxyl groups is 1. The summed E-state index contributed by atoms with van der Waals surface area (Å²) in [4.78, 5) is 60.2. The van der Waals surface area contributed by atoms with Gasteiger partial charge in [0.1, 0.15) is 11.9 Å². The van der Waals surface area contributed by atoms with E-state index in [4.69, 9.17) is 9.47 Å². The molecule has 1 aromatic heterocycles. The number of hydrogen-bond donors (Lipinski definition) is 3. The molecule has 3 N–H and O–H groups in total. The van der Waals surface area contributed by atoms with Crippen molar-refractivity contribution in [2.75, 3.05) is 37.7 Å². The third-order valence-corrected chi connectivity index (χ3v) is 19.0. The van der Waals surface area contributed by atoms with Crippen LogP contribution in [-0.4, -0.2) is 83.9 Å². The fourth-order valence-electron chi connectivity index (χ4n) is 15.3. The number of aromatic nitrogens is 1. The largest absolute Gasteiger partial charge is 0.481 e. The number of rotatable bonds is 9. The van der Waals surface area contributed by atoms with Crippen molar-refractivity contribution >= 4 is 29.4 Å². The monoisotopic (exact) mass is 830 g/mol. The predicted octanol–water partition coefficient (Wildman–Crippen LogP) is 7.65. The molecule has 1 aromatic rings. The Morgan fingerprint density at radius 1 is 0.917 bits per heavy atom. The second-order valence-corrected chi connectivity index (χ2v) is 22.3. The van der Waals surface area contributed by atoms with Crippen molar-refractivity contribution in [1.29, 1.82) is 0 Å². The Bertz CT molecular complexity index is 1950. The summed E-state index contributed by atoms with van der Waals surface area (Å²) in [5.41, 5.74) is 0.903. The summed E-state index contributed by atoms with van der Waals surface area (Å²) in [6.07, 6.45) is 8.62. The number of hydrogen-bond acceptors (Lipinski definition) is 9. The molecule has 7 aliphatic rings. The zero-order valence-corrected chi connectivity index (χ0v) is 37.7. The number of nitrogens with one attached hydrogen (secondary N) is 1. The Hall–Kier alpha value is -3.31. The Morgan fingerprint density at radius 3 is 2.30 bits per heavy atom. The number of ketones is 1. The van der Waals surface area contributed by atoms with Crippen molar-refractivity contribution in [2.45, 2.75) is 139 Å². The molecule has 60 heavy (non-hydrogen) atoms. The number of carbonyl (C=O) groups is 4. The highest BCUT2D eigenvalue weighted by atomic mass is 16.5. The van der Waals surface area contributed by atoms with Crippen molar-refractivity contribution in [3.63, 3.8) is 0 Å². The maximum absolute atomic E-state index is 14.2. The van der Waals surface area contributed by atoms with E-state index >= 15 is 0 Å². The van der Waals surface area contributed by atoms with Gasteiger partial charge in [-0.25, -0.2) is 4.98 Å². The number of allylic oxidation sites excluding steroid dienone is 1. The number of anilines is 1. The molecule has 1 aliphatic heterocycles. The fourth-order valence-corrected chi connectivity index (χ4v) is 15.3. The minimum atomic E-state index is -0.914. The molecule has 330 valence electrons. The molecule has 2 heterocycles. The van der Waals surface area contributed by atoms with Crippen LogP contribution in [0, 0.1) is 68.0 Å². The van der Waals surface area contributed by atoms with Crippen molar-refractivity contribution < 1.29 is 38.9 Å². The normalized spacial score (nSPS) is 39.7. The average molecular weight is 830 g/mol. The number of carboxylic acid groups (broad SMARTS) is 1. The van der Waals surface area contributed by atoms with E-state index in [2.05, 4.69) is 63.7 Å². The Balaban J connectivity index is 1.03. The SMILES string of the molecule is CC(C)C1=C2[C@H]3CC[C@@H]4[C@@]5(C)CC[C@H](OC(=O)[C@H]6C[C@@H](C(=O)O)C6(C)C)C(C)(C)[C@@H]5CC[C@@]4(C)[C@]3(C)CC[C@@]2([C@@H](O)CNC(=O)c2cccnc2N2CCOCC2)CC1=O. The van der Waals surface area contributed by atoms with Crippen LogP contribution in [0.25, 0.3) is 0 Å². The summed E-state index contributed by atoms with van der Waals surface area (Å²) >= 11 is 0. The molecule has 0 bridgehead atoms. The van der Waals surface area contributed by atoms with Gasteiger partial charge in [-0.1, -0.05) is 67.9 Å². The van der Waals surface area contributed by atoms with Gasteiger partial charge >= 0.3 is 11.9 Å². The summed E-state index contributed by atoms with van der Waals surface area (Å²) in [7, 11) is 0. The smallest absolute Gasteiger partial charge is 0.309 e. The van der Waals surface area contributed by atoms with Crippen molar-refractivity contribution in [3.8, 4) is 0 Å². The first-order chi connectivity index (χ1) is 28.1. The highest BCUT2D eigenvalue weighted by Gasteiger charge is 2.71. The average Bonchev–Trinajstić information content (AvgIpc) is 3.51. The van der Waals surface area contributed by atoms with Gasteiger partial charge in [0.05, 0.1) is 36.7 Å². The predicted molar refractivity (Wildman–Crippen MR) is 228 cm³/mol. The molecule has 6 aliphatic carbocycles. The van der Waals surface area contributed by atoms with E-state index in [0.29, 0.717) is 62.4 Å². The third-order valence-electron chi connectivity index (χ3n) is 19.0. The Morgan fingerprint density at radius 2 is 1.63 bits per heavy atom. The lowest BCUT2D eigenvalue weighted by Crippen LogP contribution is -2.66. The number of fused-ring (bicyclic) bond motifs is 7. The molecule has 0 spiro atoms. The van der Waals surface area contributed by atoms with Gasteiger partial charge < -0.3 is 29.9 Å². The Kier molecular flexibility index (Phi) is 10.8. The van der Waals surface area contributed by atoms with Gasteiger partial charge in [-0.05, 0) is 121 Å². The molecule has 11 heteroatoms. The van der Waals surface area contributed by atoms with E-state index in [0.717, 1.165) is 50.5 Å². The molecular weight excluding hydrogens is 759 g/mol. The van der Waals surface area contributed by atoms with Crippen LogP contribution >= 0.6 is 0 Å². The van der Waals surface area contributed by atoms with E-state index < -0.39 is 34.7 Å². The second kappa shape index (κ2) is 14.9. The summed E-state index contributed by atoms with van der Waals surface area (Å²) in [6, 6.07) is 3.55. The fraction of sp³-hybridized carbons (Fsp3) is 0.776. The van der Waals surface area contributed by atoms with Crippen LogP contribution in [0.3, 0.4) is 0 Å². The summed E-state index contributed by atoms with van der Waals surface area (Å²) in [5.74, 6) is -0.530. The topological polar surface area (TPSA) is 155 Å². The second-order valence-electron chi connectivity index (χ2n) is 22.3. The lowest BCUT2D eigenvalue weighted by atomic mass is 9.33. The number of esters is 1. The van der Waals surface area contributed by atoms with Gasteiger partial charge in [0.2, 0.25) is 0 Å². The molecule has 11 atom stereocenters. The number of Topliss-reactive ketones (excluding diaryl/α,β-unsaturated/α-hetero) is 1. The molecule has 1 amide bonds. The number of pyridine rings is 1. The molecule has 11 nitrogen and oxygen atoms in total. The van der Waals surface area contributed by atoms with Crippen molar-refractivity contribution in [3.05, 3.63) is 35.0 Å². The number of morpholine rings is 1. The van der Waals surface area contributed by atoms with Gasteiger partial charge in [0.25, 0.3) is 5.91 Å². The first kappa shape index (κ1) is 43.3. The highest BCUT2D eigenvalue weighted by Crippen LogP contribution is 2.77. The van der Waals surface area contributed by atoms with Crippen molar-refractivity contribution in [2.24, 2.45) is 68.0 Å². The standard InChI is InChI=1S/C49H71N3O8/c1-28(2)38-33(53)26-49(36(54)27-51-41(55)29-11-10-20-50-40(29)52-21-23-59-24-22-52)19-18-47(8)30(39(38)49)12-13-35-46(7)16-15-37(45(5,6)34(46)14-17-48(35,47)9)60-43(58)32-25-31(42(56)57)44(32,3)4/h10-11,20,28,30-32,34-37,54H,12-19,21-27H2,1-9H3,(H,51,55)(H,56,57)/t30-,31+,32-,34+,35-,36+,37+,46+,47-,48-,49+/m1/s1. The molecule has 8 rings (SSSR count). The van der Waals surface area contributed by atoms with Crippen LogP contribution in [0.4, 0.5) is 5.82 Å². The van der Waals surface area contributed by atoms with Gasteiger partial charge in [-0.3, -0.25) is 19.2 Å². The number of amides is 1. The van der Waals surface area contributed by atoms with Gasteiger partial charge in [0, 0.05) is 43.1 Å². The molecule has 0 aromatic carbocycles. The quantitative estimate of drug-likeness (QED) is 0.212. The number of ether oxygens (including phenoxy) is 2. The van der Waals surface area contributed by atoms with Crippen LogP contribution < -0.4 is 10.2 Å². The number of aliphatic hydroxyl groups excluding tert-OH is 1.